The van der Waals surface area contributed by atoms with E-state index in [1.165, 1.54) is 0 Å². The Kier molecular flexibility index (Phi) is 6.98. The van der Waals surface area contributed by atoms with Gasteiger partial charge in [0.05, 0.1) is 6.04 Å². The standard InChI is InChI=1S/C10H20N2O2.C2H2O4/c1-10(2,3)14-9(13)12-8-5-4-7(11)6-8;3-1(4)2(5)6/h7-8H,4-6,11H2,1-3H3,(H,12,13);(H,3,4)(H,5,6). The Morgan fingerprint density at radius 2 is 1.80 bits per heavy atom. The molecule has 8 heteroatoms. The Balaban J connectivity index is 0.000000511. The van der Waals surface area contributed by atoms with E-state index >= 15 is 0 Å². The van der Waals surface area contributed by atoms with Crippen molar-refractivity contribution < 1.29 is 35.1 Å². The monoisotopic (exact) mass is 290 g/mol. The predicted molar refractivity (Wildman–Crippen MR) is 66.3 cm³/mol. The smallest absolute Gasteiger partial charge is 0.407 e. The maximum Gasteiger partial charge on any atom is 0.407 e. The molecular weight excluding hydrogens is 268 g/mol. The molecule has 1 amide bonds. The van der Waals surface area contributed by atoms with Crippen molar-refractivity contribution in [3.8, 4) is 0 Å². The topological polar surface area (TPSA) is 143 Å². The first-order valence-electron chi connectivity index (χ1n) is 6.28. The second-order valence-corrected chi connectivity index (χ2v) is 5.61. The molecule has 0 spiro atoms. The number of carboxylic acids is 2. The molecule has 2 atom stereocenters. The molecule has 1 fully saturated rings. The number of amides is 1. The van der Waals surface area contributed by atoms with E-state index in [1.54, 1.807) is 0 Å². The molecule has 5 N–H and O–H groups in total. The van der Waals surface area contributed by atoms with Gasteiger partial charge in [-0.1, -0.05) is 0 Å². The molecule has 0 aromatic heterocycles. The van der Waals surface area contributed by atoms with Crippen LogP contribution in [0.25, 0.3) is 0 Å². The first kappa shape index (κ1) is 18.2. The third kappa shape index (κ3) is 9.15. The molecule has 0 aromatic carbocycles. The molecule has 1 saturated carbocycles. The summed E-state index contributed by atoms with van der Waals surface area (Å²) >= 11 is 0. The molecule has 1 rings (SSSR count). The second kappa shape index (κ2) is 7.68. The van der Waals surface area contributed by atoms with E-state index in [0.29, 0.717) is 6.04 Å². The van der Waals surface area contributed by atoms with Crippen LogP contribution in [0, 0.1) is 0 Å². The van der Waals surface area contributed by atoms with Gasteiger partial charge in [0, 0.05) is 18.9 Å². The fourth-order valence-electron chi connectivity index (χ4n) is 1.68. The van der Waals surface area contributed by atoms with Crippen LogP contribution in [0.1, 0.15) is 40.0 Å². The van der Waals surface area contributed by atoms with Crippen molar-refractivity contribution in [2.24, 2.45) is 0 Å². The van der Waals surface area contributed by atoms with Gasteiger partial charge in [-0.3, -0.25) is 0 Å². The fourth-order valence-corrected chi connectivity index (χ4v) is 1.68. The molecule has 8 nitrogen and oxygen atoms in total. The number of rotatable bonds is 1. The zero-order valence-corrected chi connectivity index (χ0v) is 12.0. The third-order valence-corrected chi connectivity index (χ3v) is 2.44. The van der Waals surface area contributed by atoms with Crippen molar-refractivity contribution in [2.45, 2.75) is 57.7 Å². The van der Waals surface area contributed by atoms with Gasteiger partial charge >= 0.3 is 12.1 Å². The predicted octanol–water partition coefficient (Wildman–Crippen LogP) is -1.50. The Morgan fingerprint density at radius 1 is 1.30 bits per heavy atom. The van der Waals surface area contributed by atoms with E-state index in [9.17, 15) is 4.79 Å². The van der Waals surface area contributed by atoms with Gasteiger partial charge in [-0.25, -0.2) is 9.59 Å². The van der Waals surface area contributed by atoms with Crippen molar-refractivity contribution in [3.63, 3.8) is 0 Å². The summed E-state index contributed by atoms with van der Waals surface area (Å²) < 4.78 is 5.16. The number of carboxylic acid groups (broad SMARTS) is 2. The van der Waals surface area contributed by atoms with Gasteiger partial charge in [0.25, 0.3) is 0 Å². The van der Waals surface area contributed by atoms with Crippen molar-refractivity contribution in [1.82, 2.24) is 5.32 Å². The van der Waals surface area contributed by atoms with Crippen LogP contribution in [0.15, 0.2) is 0 Å². The van der Waals surface area contributed by atoms with Gasteiger partial charge < -0.3 is 30.8 Å². The Hall–Kier alpha value is -1.83. The number of quaternary nitrogens is 1. The molecule has 0 saturated heterocycles. The highest BCUT2D eigenvalue weighted by Crippen LogP contribution is 2.16. The van der Waals surface area contributed by atoms with E-state index in [1.807, 2.05) is 20.8 Å². The number of carbonyl (C=O) groups is 3. The Labute approximate surface area is 117 Å². The summed E-state index contributed by atoms with van der Waals surface area (Å²) in [6.45, 7) is 5.60. The van der Waals surface area contributed by atoms with Crippen LogP contribution in [0.5, 0.6) is 0 Å². The molecular formula is C12H22N2O6. The summed E-state index contributed by atoms with van der Waals surface area (Å²) in [5, 5.41) is 19.2. The van der Waals surface area contributed by atoms with E-state index in [-0.39, 0.29) is 12.1 Å². The van der Waals surface area contributed by atoms with Crippen molar-refractivity contribution in [3.05, 3.63) is 0 Å². The highest BCUT2D eigenvalue weighted by atomic mass is 16.6. The minimum Gasteiger partial charge on any atom is -0.539 e. The number of hydrogen-bond acceptors (Lipinski definition) is 5. The van der Waals surface area contributed by atoms with Crippen LogP contribution in [0.2, 0.25) is 0 Å². The number of ether oxygens (including phenoxy) is 1. The largest absolute Gasteiger partial charge is 0.539 e. The molecule has 0 radical (unpaired) electrons. The first-order valence-corrected chi connectivity index (χ1v) is 6.28. The summed E-state index contributed by atoms with van der Waals surface area (Å²) in [6.07, 6.45) is 2.78. The third-order valence-electron chi connectivity index (χ3n) is 2.44. The number of carbonyl (C=O) groups excluding carboxylic acids is 2. The van der Waals surface area contributed by atoms with Gasteiger partial charge in [0.2, 0.25) is 0 Å². The Morgan fingerprint density at radius 3 is 2.10 bits per heavy atom. The van der Waals surface area contributed by atoms with Crippen molar-refractivity contribution in [1.29, 1.82) is 0 Å². The van der Waals surface area contributed by atoms with E-state index in [4.69, 9.17) is 24.5 Å². The Bertz CT molecular complexity index is 351. The van der Waals surface area contributed by atoms with Gasteiger partial charge in [0.1, 0.15) is 5.60 Å². The summed E-state index contributed by atoms with van der Waals surface area (Å²) in [6, 6.07) is 0.738. The van der Waals surface area contributed by atoms with Crippen molar-refractivity contribution in [2.75, 3.05) is 0 Å². The van der Waals surface area contributed by atoms with Gasteiger partial charge in [-0.2, -0.15) is 0 Å². The van der Waals surface area contributed by atoms with Crippen LogP contribution in [-0.4, -0.2) is 40.8 Å². The van der Waals surface area contributed by atoms with Crippen LogP contribution in [-0.2, 0) is 14.3 Å². The molecule has 1 aliphatic rings. The maximum absolute atomic E-state index is 11.4. The van der Waals surface area contributed by atoms with Crippen molar-refractivity contribution >= 4 is 18.0 Å². The minimum atomic E-state index is -2.07. The molecule has 0 heterocycles. The minimum absolute atomic E-state index is 0.257. The molecule has 2 unspecified atom stereocenters. The number of hydrogen-bond donors (Lipinski definition) is 3. The number of alkyl carbamates (subject to hydrolysis) is 1. The molecule has 20 heavy (non-hydrogen) atoms. The lowest BCUT2D eigenvalue weighted by Crippen LogP contribution is -2.59. The molecule has 116 valence electrons. The maximum atomic E-state index is 11.4. The number of aliphatic carboxylic acids is 2. The van der Waals surface area contributed by atoms with E-state index in [0.717, 1.165) is 19.3 Å². The molecule has 0 aliphatic heterocycles. The summed E-state index contributed by atoms with van der Waals surface area (Å²) in [4.78, 5) is 29.4. The summed E-state index contributed by atoms with van der Waals surface area (Å²) in [7, 11) is 0. The number of nitrogens with one attached hydrogen (secondary N) is 1. The second-order valence-electron chi connectivity index (χ2n) is 5.61. The van der Waals surface area contributed by atoms with E-state index < -0.39 is 17.5 Å². The van der Waals surface area contributed by atoms with Crippen LogP contribution in [0.3, 0.4) is 0 Å². The lowest BCUT2D eigenvalue weighted by atomic mass is 10.2. The van der Waals surface area contributed by atoms with Crippen LogP contribution < -0.4 is 16.2 Å². The molecule has 1 aliphatic carbocycles. The lowest BCUT2D eigenvalue weighted by molar-refractivity contribution is -0.417. The van der Waals surface area contributed by atoms with Crippen LogP contribution in [0.4, 0.5) is 4.79 Å². The first-order chi connectivity index (χ1) is 9.01. The van der Waals surface area contributed by atoms with Gasteiger partial charge in [-0.15, -0.1) is 0 Å². The van der Waals surface area contributed by atoms with Crippen LogP contribution >= 0.6 is 0 Å². The molecule has 0 aromatic rings. The van der Waals surface area contributed by atoms with Gasteiger partial charge in [-0.05, 0) is 27.2 Å². The quantitative estimate of drug-likeness (QED) is 0.501. The van der Waals surface area contributed by atoms with Gasteiger partial charge in [0.15, 0.2) is 5.97 Å². The lowest BCUT2D eigenvalue weighted by Gasteiger charge is -2.21. The summed E-state index contributed by atoms with van der Waals surface area (Å²) in [5.41, 5.74) is 3.57. The average molecular weight is 290 g/mol. The highest BCUT2D eigenvalue weighted by Gasteiger charge is 2.27. The summed E-state index contributed by atoms with van der Waals surface area (Å²) in [5.74, 6) is -4.01. The highest BCUT2D eigenvalue weighted by molar-refractivity contribution is 6.26. The average Bonchev–Trinajstić information content (AvgIpc) is 2.61. The normalized spacial score (nSPS) is 21.4. The SMILES string of the molecule is CC(C)(C)OC(=O)NC1CCC([NH3+])C1.O=C([O-])C(=O)O. The fraction of sp³-hybridized carbons (Fsp3) is 0.750. The van der Waals surface area contributed by atoms with E-state index in [2.05, 4.69) is 11.1 Å². The zero-order valence-electron chi connectivity index (χ0n) is 12.0. The molecule has 0 bridgehead atoms. The zero-order chi connectivity index (χ0) is 15.9.